The van der Waals surface area contributed by atoms with Gasteiger partial charge >= 0.3 is 0 Å². The highest BCUT2D eigenvalue weighted by atomic mass is 14.9. The fourth-order valence-corrected chi connectivity index (χ4v) is 2.74. The molecule has 1 heteroatoms. The number of rotatable bonds is 5. The second kappa shape index (κ2) is 6.97. The predicted molar refractivity (Wildman–Crippen MR) is 71.2 cm³/mol. The van der Waals surface area contributed by atoms with Gasteiger partial charge in [0.05, 0.1) is 6.04 Å². The Kier molecular flexibility index (Phi) is 5.91. The minimum atomic E-state index is 0.297. The molecule has 0 aliphatic heterocycles. The Balaban J connectivity index is 2.28. The summed E-state index contributed by atoms with van der Waals surface area (Å²) in [7, 11) is 0. The molecule has 0 aromatic heterocycles. The first-order valence-electron chi connectivity index (χ1n) is 6.89. The molecule has 0 saturated heterocycles. The Labute approximate surface area is 101 Å². The third-order valence-electron chi connectivity index (χ3n) is 3.93. The molecule has 1 nitrogen and oxygen atoms in total. The van der Waals surface area contributed by atoms with Gasteiger partial charge in [-0.1, -0.05) is 33.1 Å². The summed E-state index contributed by atoms with van der Waals surface area (Å²) in [5, 5.41) is 3.63. The number of nitrogens with one attached hydrogen (secondary N) is 1. The second-order valence-corrected chi connectivity index (χ2v) is 5.53. The van der Waals surface area contributed by atoms with Crippen molar-refractivity contribution in [1.82, 2.24) is 5.32 Å². The minimum absolute atomic E-state index is 0.297. The van der Waals surface area contributed by atoms with Crippen molar-refractivity contribution in [2.24, 2.45) is 11.8 Å². The third-order valence-corrected chi connectivity index (χ3v) is 3.93. The molecule has 0 heterocycles. The lowest BCUT2D eigenvalue weighted by atomic mass is 9.79. The van der Waals surface area contributed by atoms with E-state index in [1.165, 1.54) is 32.1 Å². The number of hydrogen-bond donors (Lipinski definition) is 1. The molecule has 1 aliphatic carbocycles. The largest absolute Gasteiger partial charge is 0.301 e. The predicted octanol–water partition coefficient (Wildman–Crippen LogP) is 3.59. The zero-order valence-electron chi connectivity index (χ0n) is 11.1. The molecule has 0 aromatic carbocycles. The van der Waals surface area contributed by atoms with Crippen LogP contribution in [0.1, 0.15) is 59.3 Å². The SMILES string of the molecule is C#CC(CCC)NC1CCC(C(C)C)CC1. The molecule has 1 saturated carbocycles. The summed E-state index contributed by atoms with van der Waals surface area (Å²) in [5.74, 6) is 4.66. The van der Waals surface area contributed by atoms with Crippen LogP contribution in [0, 0.1) is 24.2 Å². The van der Waals surface area contributed by atoms with Gasteiger partial charge in [0, 0.05) is 6.04 Å². The van der Waals surface area contributed by atoms with Crippen LogP contribution in [0.15, 0.2) is 0 Å². The second-order valence-electron chi connectivity index (χ2n) is 5.53. The Morgan fingerprint density at radius 2 is 1.88 bits per heavy atom. The molecule has 1 N–H and O–H groups in total. The van der Waals surface area contributed by atoms with Gasteiger partial charge in [-0.2, -0.15) is 0 Å². The quantitative estimate of drug-likeness (QED) is 0.700. The Morgan fingerprint density at radius 1 is 1.25 bits per heavy atom. The van der Waals surface area contributed by atoms with E-state index in [0.717, 1.165) is 18.3 Å². The molecular formula is C15H27N. The summed E-state index contributed by atoms with van der Waals surface area (Å²) >= 11 is 0. The molecule has 0 spiro atoms. The summed E-state index contributed by atoms with van der Waals surface area (Å²) in [5.41, 5.74) is 0. The van der Waals surface area contributed by atoms with Crippen molar-refractivity contribution in [2.75, 3.05) is 0 Å². The normalized spacial score (nSPS) is 27.7. The highest BCUT2D eigenvalue weighted by molar-refractivity contribution is 5.00. The van der Waals surface area contributed by atoms with Crippen molar-refractivity contribution < 1.29 is 0 Å². The Hall–Kier alpha value is -0.480. The van der Waals surface area contributed by atoms with E-state index in [1.54, 1.807) is 0 Å². The van der Waals surface area contributed by atoms with E-state index in [-0.39, 0.29) is 0 Å². The highest BCUT2D eigenvalue weighted by Crippen LogP contribution is 2.30. The van der Waals surface area contributed by atoms with Crippen LogP contribution in [0.25, 0.3) is 0 Å². The molecule has 1 unspecified atom stereocenters. The molecule has 0 radical (unpaired) electrons. The number of hydrogen-bond acceptors (Lipinski definition) is 1. The maximum Gasteiger partial charge on any atom is 0.0688 e. The van der Waals surface area contributed by atoms with Gasteiger partial charge in [0.25, 0.3) is 0 Å². The summed E-state index contributed by atoms with van der Waals surface area (Å²) in [4.78, 5) is 0. The van der Waals surface area contributed by atoms with Gasteiger partial charge in [-0.25, -0.2) is 0 Å². The van der Waals surface area contributed by atoms with E-state index < -0.39 is 0 Å². The zero-order valence-corrected chi connectivity index (χ0v) is 11.1. The Morgan fingerprint density at radius 3 is 2.31 bits per heavy atom. The molecule has 1 fully saturated rings. The molecule has 1 aliphatic rings. The van der Waals surface area contributed by atoms with Crippen LogP contribution in [0.4, 0.5) is 0 Å². The van der Waals surface area contributed by atoms with Crippen LogP contribution in [-0.2, 0) is 0 Å². The molecule has 0 aromatic rings. The smallest absolute Gasteiger partial charge is 0.0688 e. The first-order valence-corrected chi connectivity index (χ1v) is 6.89. The minimum Gasteiger partial charge on any atom is -0.301 e. The van der Waals surface area contributed by atoms with Crippen molar-refractivity contribution in [3.63, 3.8) is 0 Å². The van der Waals surface area contributed by atoms with Gasteiger partial charge in [0.1, 0.15) is 0 Å². The molecule has 0 amide bonds. The third kappa shape index (κ3) is 4.18. The summed E-state index contributed by atoms with van der Waals surface area (Å²) in [6, 6.07) is 0.966. The fourth-order valence-electron chi connectivity index (χ4n) is 2.74. The van der Waals surface area contributed by atoms with Gasteiger partial charge in [-0.3, -0.25) is 0 Å². The van der Waals surface area contributed by atoms with E-state index in [0.29, 0.717) is 12.1 Å². The van der Waals surface area contributed by atoms with Crippen molar-refractivity contribution in [3.8, 4) is 12.3 Å². The van der Waals surface area contributed by atoms with Crippen molar-refractivity contribution in [1.29, 1.82) is 0 Å². The van der Waals surface area contributed by atoms with Gasteiger partial charge in [0.15, 0.2) is 0 Å². The van der Waals surface area contributed by atoms with E-state index in [1.807, 2.05) is 0 Å². The van der Waals surface area contributed by atoms with Gasteiger partial charge < -0.3 is 5.32 Å². The van der Waals surface area contributed by atoms with Crippen LogP contribution in [0.5, 0.6) is 0 Å². The van der Waals surface area contributed by atoms with Crippen molar-refractivity contribution >= 4 is 0 Å². The number of terminal acetylenes is 1. The van der Waals surface area contributed by atoms with Crippen molar-refractivity contribution in [3.05, 3.63) is 0 Å². The maximum absolute atomic E-state index is 5.54. The van der Waals surface area contributed by atoms with E-state index in [4.69, 9.17) is 6.42 Å². The average molecular weight is 221 g/mol. The summed E-state index contributed by atoms with van der Waals surface area (Å²) in [6.45, 7) is 6.89. The first-order chi connectivity index (χ1) is 7.67. The van der Waals surface area contributed by atoms with E-state index >= 15 is 0 Å². The monoisotopic (exact) mass is 221 g/mol. The maximum atomic E-state index is 5.54. The average Bonchev–Trinajstić information content (AvgIpc) is 2.29. The van der Waals surface area contributed by atoms with Gasteiger partial charge in [0.2, 0.25) is 0 Å². The van der Waals surface area contributed by atoms with Crippen LogP contribution in [0.2, 0.25) is 0 Å². The van der Waals surface area contributed by atoms with Crippen LogP contribution in [0.3, 0.4) is 0 Å². The molecule has 92 valence electrons. The van der Waals surface area contributed by atoms with Crippen molar-refractivity contribution in [2.45, 2.75) is 71.4 Å². The summed E-state index contributed by atoms with van der Waals surface area (Å²) in [6.07, 6.45) is 13.2. The topological polar surface area (TPSA) is 12.0 Å². The van der Waals surface area contributed by atoms with E-state index in [2.05, 4.69) is 32.0 Å². The molecule has 16 heavy (non-hydrogen) atoms. The standard InChI is InChI=1S/C15H27N/c1-5-7-14(6-2)16-15-10-8-13(9-11-15)12(3)4/h2,12-16H,5,7-11H2,1,3-4H3. The lowest BCUT2D eigenvalue weighted by Crippen LogP contribution is -2.40. The van der Waals surface area contributed by atoms with Crippen LogP contribution >= 0.6 is 0 Å². The van der Waals surface area contributed by atoms with Crippen LogP contribution < -0.4 is 5.32 Å². The lowest BCUT2D eigenvalue weighted by Gasteiger charge is -2.32. The lowest BCUT2D eigenvalue weighted by molar-refractivity contribution is 0.233. The zero-order chi connectivity index (χ0) is 12.0. The Bertz CT molecular complexity index is 218. The molecule has 1 atom stereocenters. The van der Waals surface area contributed by atoms with E-state index in [9.17, 15) is 0 Å². The van der Waals surface area contributed by atoms with Crippen LogP contribution in [-0.4, -0.2) is 12.1 Å². The highest BCUT2D eigenvalue weighted by Gasteiger charge is 2.23. The molecule has 0 bridgehead atoms. The molecular weight excluding hydrogens is 194 g/mol. The van der Waals surface area contributed by atoms with Gasteiger partial charge in [-0.15, -0.1) is 6.42 Å². The summed E-state index contributed by atoms with van der Waals surface area (Å²) < 4.78 is 0. The first kappa shape index (κ1) is 13.6. The fraction of sp³-hybridized carbons (Fsp3) is 0.867. The van der Waals surface area contributed by atoms with Gasteiger partial charge in [-0.05, 0) is 43.9 Å². The molecule has 1 rings (SSSR count).